The maximum absolute atomic E-state index is 12.0. The molecule has 1 fully saturated rings. The van der Waals surface area contributed by atoms with Crippen LogP contribution in [0.4, 0.5) is 5.13 Å². The van der Waals surface area contributed by atoms with Gasteiger partial charge in [0.15, 0.2) is 5.13 Å². The Morgan fingerprint density at radius 1 is 1.50 bits per heavy atom. The van der Waals surface area contributed by atoms with Crippen LogP contribution in [0.25, 0.3) is 0 Å². The molecule has 5 nitrogen and oxygen atoms in total. The number of anilines is 1. The lowest BCUT2D eigenvalue weighted by Gasteiger charge is -2.10. The SMILES string of the molecule is O=S(=O)(Nc1ncc(C#CCO)s1)C1CCCC1. The minimum Gasteiger partial charge on any atom is -0.384 e. The van der Waals surface area contributed by atoms with Crippen LogP contribution in [-0.4, -0.2) is 30.4 Å². The molecule has 0 spiro atoms. The van der Waals surface area contributed by atoms with Gasteiger partial charge in [-0.15, -0.1) is 0 Å². The van der Waals surface area contributed by atoms with Crippen molar-refractivity contribution in [2.24, 2.45) is 0 Å². The number of aliphatic hydroxyl groups excluding tert-OH is 1. The van der Waals surface area contributed by atoms with Gasteiger partial charge in [-0.3, -0.25) is 4.72 Å². The van der Waals surface area contributed by atoms with E-state index in [-0.39, 0.29) is 11.9 Å². The number of aliphatic hydroxyl groups is 1. The van der Waals surface area contributed by atoms with E-state index >= 15 is 0 Å². The lowest BCUT2D eigenvalue weighted by molar-refractivity contribution is 0.350. The quantitative estimate of drug-likeness (QED) is 0.818. The van der Waals surface area contributed by atoms with Gasteiger partial charge in [0.05, 0.1) is 16.3 Å². The van der Waals surface area contributed by atoms with Gasteiger partial charge in [-0.05, 0) is 12.8 Å². The number of thiazole rings is 1. The number of nitrogens with one attached hydrogen (secondary N) is 1. The monoisotopic (exact) mass is 286 g/mol. The van der Waals surface area contributed by atoms with Crippen LogP contribution in [0.3, 0.4) is 0 Å². The molecule has 0 atom stereocenters. The molecule has 1 aromatic rings. The molecule has 0 amide bonds. The molecule has 1 aliphatic carbocycles. The van der Waals surface area contributed by atoms with Gasteiger partial charge in [0.25, 0.3) is 0 Å². The number of rotatable bonds is 3. The summed E-state index contributed by atoms with van der Waals surface area (Å²) in [6, 6.07) is 0. The van der Waals surface area contributed by atoms with Gasteiger partial charge >= 0.3 is 0 Å². The van der Waals surface area contributed by atoms with Crippen LogP contribution >= 0.6 is 11.3 Å². The molecule has 18 heavy (non-hydrogen) atoms. The van der Waals surface area contributed by atoms with Gasteiger partial charge in [-0.2, -0.15) is 0 Å². The zero-order valence-electron chi connectivity index (χ0n) is 9.72. The van der Waals surface area contributed by atoms with Gasteiger partial charge in [0.1, 0.15) is 6.61 Å². The van der Waals surface area contributed by atoms with Crippen molar-refractivity contribution >= 4 is 26.5 Å². The summed E-state index contributed by atoms with van der Waals surface area (Å²) in [7, 11) is -3.32. The predicted octanol–water partition coefficient (Wildman–Crippen LogP) is 1.17. The van der Waals surface area contributed by atoms with Crippen molar-refractivity contribution in [3.63, 3.8) is 0 Å². The number of nitrogens with zero attached hydrogens (tertiary/aromatic N) is 1. The Hall–Kier alpha value is -1.10. The second kappa shape index (κ2) is 5.69. The molecule has 0 aliphatic heterocycles. The lowest BCUT2D eigenvalue weighted by Crippen LogP contribution is -2.25. The fourth-order valence-electron chi connectivity index (χ4n) is 1.91. The molecular formula is C11H14N2O3S2. The summed E-state index contributed by atoms with van der Waals surface area (Å²) in [5.41, 5.74) is 0. The fraction of sp³-hybridized carbons (Fsp3) is 0.545. The predicted molar refractivity (Wildman–Crippen MR) is 70.9 cm³/mol. The zero-order valence-corrected chi connectivity index (χ0v) is 11.4. The number of hydrogen-bond donors (Lipinski definition) is 2. The minimum atomic E-state index is -3.32. The highest BCUT2D eigenvalue weighted by atomic mass is 32.2. The topological polar surface area (TPSA) is 79.3 Å². The Labute approximate surface area is 110 Å². The fourth-order valence-corrected chi connectivity index (χ4v) is 4.38. The number of aromatic nitrogens is 1. The highest BCUT2D eigenvalue weighted by Gasteiger charge is 2.29. The minimum absolute atomic E-state index is 0.221. The largest absolute Gasteiger partial charge is 0.384 e. The Morgan fingerprint density at radius 3 is 2.89 bits per heavy atom. The summed E-state index contributed by atoms with van der Waals surface area (Å²) in [5, 5.41) is 8.60. The van der Waals surface area contributed by atoms with Crippen LogP contribution < -0.4 is 4.72 Å². The summed E-state index contributed by atoms with van der Waals surface area (Å²) >= 11 is 1.17. The van der Waals surface area contributed by atoms with Gasteiger partial charge < -0.3 is 5.11 Å². The van der Waals surface area contributed by atoms with E-state index in [0.29, 0.717) is 10.0 Å². The summed E-state index contributed by atoms with van der Waals surface area (Å²) in [6.45, 7) is -0.221. The van der Waals surface area contributed by atoms with E-state index in [4.69, 9.17) is 5.11 Å². The van der Waals surface area contributed by atoms with E-state index in [2.05, 4.69) is 21.5 Å². The second-order valence-electron chi connectivity index (χ2n) is 4.04. The van der Waals surface area contributed by atoms with Crippen molar-refractivity contribution in [3.05, 3.63) is 11.1 Å². The van der Waals surface area contributed by atoms with Crippen LogP contribution in [0.5, 0.6) is 0 Å². The Kier molecular flexibility index (Phi) is 4.22. The number of hydrogen-bond acceptors (Lipinski definition) is 5. The summed E-state index contributed by atoms with van der Waals surface area (Å²) in [5.74, 6) is 5.19. The first-order valence-corrected chi connectivity index (χ1v) is 8.05. The first kappa shape index (κ1) is 13.3. The Balaban J connectivity index is 2.06. The molecule has 2 N–H and O–H groups in total. The van der Waals surface area contributed by atoms with Crippen LogP contribution in [-0.2, 0) is 10.0 Å². The molecule has 1 heterocycles. The second-order valence-corrected chi connectivity index (χ2v) is 7.03. The van der Waals surface area contributed by atoms with Crippen LogP contribution in [0.1, 0.15) is 30.6 Å². The van der Waals surface area contributed by atoms with Crippen LogP contribution in [0.2, 0.25) is 0 Å². The number of sulfonamides is 1. The molecule has 0 saturated heterocycles. The van der Waals surface area contributed by atoms with Crippen molar-refractivity contribution in [2.45, 2.75) is 30.9 Å². The van der Waals surface area contributed by atoms with Crippen molar-refractivity contribution in [2.75, 3.05) is 11.3 Å². The van der Waals surface area contributed by atoms with E-state index in [1.54, 1.807) is 0 Å². The smallest absolute Gasteiger partial charge is 0.237 e. The van der Waals surface area contributed by atoms with Crippen molar-refractivity contribution in [1.82, 2.24) is 4.98 Å². The molecule has 0 bridgehead atoms. The molecule has 0 radical (unpaired) electrons. The average Bonchev–Trinajstić information content (AvgIpc) is 2.96. The highest BCUT2D eigenvalue weighted by Crippen LogP contribution is 2.27. The summed E-state index contributed by atoms with van der Waals surface area (Å²) < 4.78 is 26.5. The highest BCUT2D eigenvalue weighted by molar-refractivity contribution is 7.93. The van der Waals surface area contributed by atoms with E-state index in [9.17, 15) is 8.42 Å². The van der Waals surface area contributed by atoms with Crippen LogP contribution in [0.15, 0.2) is 6.20 Å². The molecule has 1 aliphatic rings. The lowest BCUT2D eigenvalue weighted by atomic mass is 10.4. The van der Waals surface area contributed by atoms with E-state index in [1.807, 2.05) is 0 Å². The average molecular weight is 286 g/mol. The van der Waals surface area contributed by atoms with Crippen molar-refractivity contribution in [1.29, 1.82) is 0 Å². The normalized spacial score (nSPS) is 16.3. The first-order valence-electron chi connectivity index (χ1n) is 5.69. The molecule has 0 aromatic carbocycles. The Morgan fingerprint density at radius 2 is 2.22 bits per heavy atom. The summed E-state index contributed by atoms with van der Waals surface area (Å²) in [4.78, 5) is 4.60. The van der Waals surface area contributed by atoms with E-state index < -0.39 is 10.0 Å². The van der Waals surface area contributed by atoms with Gasteiger partial charge in [-0.1, -0.05) is 36.0 Å². The van der Waals surface area contributed by atoms with Crippen LogP contribution in [0, 0.1) is 11.8 Å². The van der Waals surface area contributed by atoms with Gasteiger partial charge in [0, 0.05) is 0 Å². The maximum atomic E-state index is 12.0. The third kappa shape index (κ3) is 3.22. The molecule has 1 saturated carbocycles. The maximum Gasteiger partial charge on any atom is 0.237 e. The third-order valence-corrected chi connectivity index (χ3v) is 5.55. The molecular weight excluding hydrogens is 272 g/mol. The standard InChI is InChI=1S/C11H14N2O3S2/c14-7-3-4-9-8-12-11(17-9)13-18(15,16)10-5-1-2-6-10/h8,10,14H,1-2,5-7H2,(H,12,13). The summed E-state index contributed by atoms with van der Waals surface area (Å²) in [6.07, 6.45) is 4.88. The van der Waals surface area contributed by atoms with E-state index in [1.165, 1.54) is 17.5 Å². The Bertz CT molecular complexity index is 563. The molecule has 1 aromatic heterocycles. The molecule has 0 unspecified atom stereocenters. The first-order chi connectivity index (χ1) is 8.62. The third-order valence-electron chi connectivity index (χ3n) is 2.77. The van der Waals surface area contributed by atoms with Gasteiger partial charge in [0.2, 0.25) is 10.0 Å². The van der Waals surface area contributed by atoms with Crippen molar-refractivity contribution < 1.29 is 13.5 Å². The van der Waals surface area contributed by atoms with E-state index in [0.717, 1.165) is 25.7 Å². The molecule has 7 heteroatoms. The zero-order chi connectivity index (χ0) is 13.0. The van der Waals surface area contributed by atoms with Gasteiger partial charge in [-0.25, -0.2) is 13.4 Å². The van der Waals surface area contributed by atoms with Crippen molar-refractivity contribution in [3.8, 4) is 11.8 Å². The molecule has 98 valence electrons. The molecule has 2 rings (SSSR count).